The predicted molar refractivity (Wildman–Crippen MR) is 92.9 cm³/mol. The Balaban J connectivity index is 1.62. The lowest BCUT2D eigenvalue weighted by atomic mass is 9.96. The molecule has 0 saturated carbocycles. The zero-order valence-electron chi connectivity index (χ0n) is 13.9. The summed E-state index contributed by atoms with van der Waals surface area (Å²) in [5.41, 5.74) is 2.00. The molecule has 0 radical (unpaired) electrons. The van der Waals surface area contributed by atoms with Gasteiger partial charge in [-0.2, -0.15) is 0 Å². The number of hydrogen-bond acceptors (Lipinski definition) is 3. The summed E-state index contributed by atoms with van der Waals surface area (Å²) in [6, 6.07) is 7.95. The predicted octanol–water partition coefficient (Wildman–Crippen LogP) is 2.91. The second kappa shape index (κ2) is 7.21. The van der Waals surface area contributed by atoms with E-state index in [1.807, 2.05) is 25.1 Å². The van der Waals surface area contributed by atoms with Gasteiger partial charge in [-0.25, -0.2) is 4.79 Å². The Morgan fingerprint density at radius 2 is 2.00 bits per heavy atom. The molecule has 2 saturated heterocycles. The van der Waals surface area contributed by atoms with Crippen molar-refractivity contribution in [1.29, 1.82) is 0 Å². The third-order valence-electron chi connectivity index (χ3n) is 5.02. The molecular formula is C18H27N3O2. The van der Waals surface area contributed by atoms with Crippen molar-refractivity contribution in [2.45, 2.75) is 38.7 Å². The molecule has 0 spiro atoms. The third-order valence-corrected chi connectivity index (χ3v) is 5.02. The summed E-state index contributed by atoms with van der Waals surface area (Å²) in [6.45, 7) is 5.33. The molecule has 0 aliphatic carbocycles. The van der Waals surface area contributed by atoms with E-state index in [1.54, 1.807) is 4.90 Å². The number of β-amino-alcohol motifs (C(OH)–C–C–N with tert-alkyl or cyclic N) is 1. The maximum absolute atomic E-state index is 12.4. The highest BCUT2D eigenvalue weighted by molar-refractivity contribution is 5.90. The summed E-state index contributed by atoms with van der Waals surface area (Å²) in [7, 11) is 0. The number of aliphatic hydroxyl groups is 1. The Hall–Kier alpha value is -1.75. The maximum Gasteiger partial charge on any atom is 0.321 e. The molecule has 2 N–H and O–H groups in total. The number of nitrogens with one attached hydrogen (secondary N) is 1. The van der Waals surface area contributed by atoms with Crippen LogP contribution < -0.4 is 10.2 Å². The summed E-state index contributed by atoms with van der Waals surface area (Å²) in [5.74, 6) is 0.265. The van der Waals surface area contributed by atoms with Crippen LogP contribution in [-0.2, 0) is 0 Å². The van der Waals surface area contributed by atoms with Crippen molar-refractivity contribution in [3.63, 3.8) is 0 Å². The van der Waals surface area contributed by atoms with Crippen molar-refractivity contribution in [2.24, 2.45) is 5.92 Å². The highest BCUT2D eigenvalue weighted by Gasteiger charge is 2.27. The van der Waals surface area contributed by atoms with Crippen LogP contribution in [0.2, 0.25) is 0 Å². The van der Waals surface area contributed by atoms with Gasteiger partial charge in [0.25, 0.3) is 0 Å². The third kappa shape index (κ3) is 3.96. The number of carbonyl (C=O) groups excluding carboxylic acids is 1. The molecule has 5 nitrogen and oxygen atoms in total. The molecule has 2 aliphatic heterocycles. The number of urea groups is 1. The number of amides is 2. The molecule has 126 valence electrons. The van der Waals surface area contributed by atoms with Crippen LogP contribution in [0.15, 0.2) is 24.3 Å². The number of hydrogen-bond donors (Lipinski definition) is 2. The van der Waals surface area contributed by atoms with Gasteiger partial charge in [0.2, 0.25) is 0 Å². The topological polar surface area (TPSA) is 55.8 Å². The lowest BCUT2D eigenvalue weighted by Gasteiger charge is -2.34. The lowest BCUT2D eigenvalue weighted by molar-refractivity contribution is 0.0464. The number of carbonyl (C=O) groups is 1. The molecule has 2 aliphatic rings. The minimum absolute atomic E-state index is 0.119. The molecule has 2 heterocycles. The molecular weight excluding hydrogens is 290 g/mol. The second-order valence-corrected chi connectivity index (χ2v) is 6.81. The van der Waals surface area contributed by atoms with Crippen LogP contribution >= 0.6 is 0 Å². The number of benzene rings is 1. The Bertz CT molecular complexity index is 543. The van der Waals surface area contributed by atoms with E-state index in [4.69, 9.17) is 0 Å². The van der Waals surface area contributed by atoms with Crippen molar-refractivity contribution < 1.29 is 9.90 Å². The summed E-state index contributed by atoms with van der Waals surface area (Å²) >= 11 is 0. The molecule has 2 atom stereocenters. The van der Waals surface area contributed by atoms with Gasteiger partial charge in [0.05, 0.1) is 6.10 Å². The van der Waals surface area contributed by atoms with Crippen molar-refractivity contribution in [3.8, 4) is 0 Å². The molecule has 1 aromatic carbocycles. The zero-order valence-corrected chi connectivity index (χ0v) is 13.9. The van der Waals surface area contributed by atoms with Gasteiger partial charge in [-0.15, -0.1) is 0 Å². The van der Waals surface area contributed by atoms with Gasteiger partial charge < -0.3 is 20.2 Å². The SMILES string of the molecule is CC1CCN(C(=O)Nc2cccc(N3CCCCC3)c2)CC1O. The van der Waals surface area contributed by atoms with Gasteiger partial charge in [-0.1, -0.05) is 13.0 Å². The minimum Gasteiger partial charge on any atom is -0.391 e. The highest BCUT2D eigenvalue weighted by Crippen LogP contribution is 2.24. The monoisotopic (exact) mass is 317 g/mol. The first-order chi connectivity index (χ1) is 11.1. The molecule has 23 heavy (non-hydrogen) atoms. The molecule has 2 amide bonds. The largest absolute Gasteiger partial charge is 0.391 e. The maximum atomic E-state index is 12.4. The van der Waals surface area contributed by atoms with Crippen molar-refractivity contribution >= 4 is 17.4 Å². The van der Waals surface area contributed by atoms with E-state index in [0.29, 0.717) is 13.1 Å². The zero-order chi connectivity index (χ0) is 16.2. The van der Waals surface area contributed by atoms with Gasteiger partial charge in [0.15, 0.2) is 0 Å². The van der Waals surface area contributed by atoms with Gasteiger partial charge in [0.1, 0.15) is 0 Å². The molecule has 3 rings (SSSR count). The van der Waals surface area contributed by atoms with E-state index in [1.165, 1.54) is 24.9 Å². The van der Waals surface area contributed by atoms with Crippen LogP contribution in [0.3, 0.4) is 0 Å². The van der Waals surface area contributed by atoms with E-state index in [2.05, 4.69) is 16.3 Å². The number of anilines is 2. The van der Waals surface area contributed by atoms with Crippen LogP contribution in [0.5, 0.6) is 0 Å². The van der Waals surface area contributed by atoms with Gasteiger partial charge >= 0.3 is 6.03 Å². The lowest BCUT2D eigenvalue weighted by Crippen LogP contribution is -2.47. The molecule has 0 bridgehead atoms. The van der Waals surface area contributed by atoms with Crippen LogP contribution in [0.25, 0.3) is 0 Å². The van der Waals surface area contributed by atoms with Gasteiger partial charge in [-0.3, -0.25) is 0 Å². The minimum atomic E-state index is -0.422. The van der Waals surface area contributed by atoms with Crippen LogP contribution in [0, 0.1) is 5.92 Å². The molecule has 1 aromatic rings. The average molecular weight is 317 g/mol. The van der Waals surface area contributed by atoms with Crippen LogP contribution in [-0.4, -0.2) is 48.3 Å². The van der Waals surface area contributed by atoms with Crippen molar-refractivity contribution in [3.05, 3.63) is 24.3 Å². The van der Waals surface area contributed by atoms with E-state index in [9.17, 15) is 9.90 Å². The molecule has 2 fully saturated rings. The van der Waals surface area contributed by atoms with Crippen LogP contribution in [0.4, 0.5) is 16.2 Å². The molecule has 5 heteroatoms. The van der Waals surface area contributed by atoms with Crippen molar-refractivity contribution in [1.82, 2.24) is 4.90 Å². The Labute approximate surface area is 138 Å². The van der Waals surface area contributed by atoms with Gasteiger partial charge in [0, 0.05) is 37.6 Å². The summed E-state index contributed by atoms with van der Waals surface area (Å²) in [4.78, 5) is 16.5. The fraction of sp³-hybridized carbons (Fsp3) is 0.611. The standard InChI is InChI=1S/C18H27N3O2/c1-14-8-11-21(13-17(14)22)18(23)19-15-6-5-7-16(12-15)20-9-3-2-4-10-20/h5-7,12,14,17,22H,2-4,8-11,13H2,1H3,(H,19,23). The normalized spacial score (nSPS) is 25.3. The first-order valence-electron chi connectivity index (χ1n) is 8.72. The number of rotatable bonds is 2. The van der Waals surface area contributed by atoms with E-state index >= 15 is 0 Å². The van der Waals surface area contributed by atoms with E-state index in [-0.39, 0.29) is 11.9 Å². The fourth-order valence-corrected chi connectivity index (χ4v) is 3.37. The summed E-state index contributed by atoms with van der Waals surface area (Å²) in [6.07, 6.45) is 4.21. The quantitative estimate of drug-likeness (QED) is 0.882. The second-order valence-electron chi connectivity index (χ2n) is 6.81. The Kier molecular flexibility index (Phi) is 5.06. The molecule has 2 unspecified atom stereocenters. The van der Waals surface area contributed by atoms with Crippen LogP contribution in [0.1, 0.15) is 32.6 Å². The summed E-state index contributed by atoms with van der Waals surface area (Å²) < 4.78 is 0. The first kappa shape index (κ1) is 16.1. The Morgan fingerprint density at radius 3 is 2.74 bits per heavy atom. The highest BCUT2D eigenvalue weighted by atomic mass is 16.3. The van der Waals surface area contributed by atoms with Crippen molar-refractivity contribution in [2.75, 3.05) is 36.4 Å². The number of aliphatic hydroxyl groups excluding tert-OH is 1. The number of likely N-dealkylation sites (tertiary alicyclic amines) is 1. The van der Waals surface area contributed by atoms with E-state index < -0.39 is 6.10 Å². The number of nitrogens with zero attached hydrogens (tertiary/aromatic N) is 2. The summed E-state index contributed by atoms with van der Waals surface area (Å²) in [5, 5.41) is 12.9. The molecule has 0 aromatic heterocycles. The van der Waals surface area contributed by atoms with E-state index in [0.717, 1.165) is 25.2 Å². The average Bonchev–Trinajstić information content (AvgIpc) is 2.58. The van der Waals surface area contributed by atoms with Gasteiger partial charge in [-0.05, 0) is 49.8 Å². The smallest absolute Gasteiger partial charge is 0.321 e. The fourth-order valence-electron chi connectivity index (χ4n) is 3.37. The number of piperidine rings is 2. The first-order valence-corrected chi connectivity index (χ1v) is 8.72. The Morgan fingerprint density at radius 1 is 1.22 bits per heavy atom.